The summed E-state index contributed by atoms with van der Waals surface area (Å²) in [5.41, 5.74) is -0.342. The third kappa shape index (κ3) is 3.78. The Bertz CT molecular complexity index is 414. The molecule has 1 N–H and O–H groups in total. The van der Waals surface area contributed by atoms with Gasteiger partial charge in [0.1, 0.15) is 5.78 Å². The number of ketones is 1. The summed E-state index contributed by atoms with van der Waals surface area (Å²) in [6, 6.07) is 0. The maximum Gasteiger partial charge on any atom is 0.155 e. The van der Waals surface area contributed by atoms with E-state index in [0.717, 1.165) is 25.8 Å². The first-order chi connectivity index (χ1) is 8.65. The molecule has 1 fully saturated rings. The molecule has 112 valence electrons. The molecule has 1 atom stereocenters. The van der Waals surface area contributed by atoms with E-state index >= 15 is 0 Å². The van der Waals surface area contributed by atoms with Crippen molar-refractivity contribution in [2.75, 3.05) is 18.8 Å². The number of Topliss-reactive ketones (excluding diaryl/α,β-unsaturated/α-hetero) is 1. The van der Waals surface area contributed by atoms with Crippen LogP contribution >= 0.6 is 0 Å². The molecule has 1 aliphatic rings. The van der Waals surface area contributed by atoms with Gasteiger partial charge in [-0.3, -0.25) is 4.79 Å². The topological polar surface area (TPSA) is 63.2 Å². The smallest absolute Gasteiger partial charge is 0.155 e. The SMILES string of the molecule is CCC1(C(=O)CCS(=O)(=O)C(C)(C)C)CCCNC1. The van der Waals surface area contributed by atoms with E-state index in [9.17, 15) is 13.2 Å². The summed E-state index contributed by atoms with van der Waals surface area (Å²) in [6.45, 7) is 8.72. The van der Waals surface area contributed by atoms with Gasteiger partial charge in [-0.2, -0.15) is 0 Å². The Morgan fingerprint density at radius 3 is 2.37 bits per heavy atom. The Labute approximate surface area is 117 Å². The number of rotatable bonds is 5. The summed E-state index contributed by atoms with van der Waals surface area (Å²) in [5, 5.41) is 3.26. The minimum Gasteiger partial charge on any atom is -0.316 e. The minimum absolute atomic E-state index is 0.0307. The quantitative estimate of drug-likeness (QED) is 0.840. The van der Waals surface area contributed by atoms with E-state index in [1.807, 2.05) is 6.92 Å². The van der Waals surface area contributed by atoms with Crippen LogP contribution in [0.25, 0.3) is 0 Å². The van der Waals surface area contributed by atoms with E-state index in [0.29, 0.717) is 6.54 Å². The van der Waals surface area contributed by atoms with Gasteiger partial charge in [0.15, 0.2) is 9.84 Å². The molecule has 4 nitrogen and oxygen atoms in total. The van der Waals surface area contributed by atoms with Gasteiger partial charge in [-0.05, 0) is 46.6 Å². The highest BCUT2D eigenvalue weighted by Gasteiger charge is 2.38. The molecule has 0 saturated carbocycles. The zero-order chi connectivity index (χ0) is 14.7. The third-order valence-electron chi connectivity index (χ3n) is 4.27. The summed E-state index contributed by atoms with van der Waals surface area (Å²) in [7, 11) is -3.21. The predicted molar refractivity (Wildman–Crippen MR) is 78.0 cm³/mol. The van der Waals surface area contributed by atoms with Crippen LogP contribution in [-0.2, 0) is 14.6 Å². The number of carbonyl (C=O) groups excluding carboxylic acids is 1. The second-order valence-corrected chi connectivity index (χ2v) is 9.38. The van der Waals surface area contributed by atoms with Crippen LogP contribution in [0.1, 0.15) is 53.4 Å². The number of hydrogen-bond acceptors (Lipinski definition) is 4. The lowest BCUT2D eigenvalue weighted by Gasteiger charge is -2.35. The van der Waals surface area contributed by atoms with E-state index in [1.165, 1.54) is 0 Å². The summed E-state index contributed by atoms with van der Waals surface area (Å²) < 4.78 is 23.3. The molecular formula is C14H27NO3S. The highest BCUT2D eigenvalue weighted by molar-refractivity contribution is 7.92. The Kier molecular flexibility index (Phi) is 5.18. The highest BCUT2D eigenvalue weighted by atomic mass is 32.2. The minimum atomic E-state index is -3.21. The number of hydrogen-bond donors (Lipinski definition) is 1. The molecule has 0 spiro atoms. The van der Waals surface area contributed by atoms with Crippen LogP contribution in [0.2, 0.25) is 0 Å². The van der Waals surface area contributed by atoms with Crippen LogP contribution in [0.3, 0.4) is 0 Å². The van der Waals surface area contributed by atoms with Crippen molar-refractivity contribution in [3.63, 3.8) is 0 Å². The van der Waals surface area contributed by atoms with Crippen LogP contribution in [0.5, 0.6) is 0 Å². The zero-order valence-electron chi connectivity index (χ0n) is 12.6. The lowest BCUT2D eigenvalue weighted by atomic mass is 9.74. The van der Waals surface area contributed by atoms with E-state index in [4.69, 9.17) is 0 Å². The van der Waals surface area contributed by atoms with E-state index in [1.54, 1.807) is 20.8 Å². The maximum atomic E-state index is 12.4. The molecule has 1 unspecified atom stereocenters. The summed E-state index contributed by atoms with van der Waals surface area (Å²) in [4.78, 5) is 12.4. The summed E-state index contributed by atoms with van der Waals surface area (Å²) in [5.74, 6) is 0.0758. The molecule has 19 heavy (non-hydrogen) atoms. The summed E-state index contributed by atoms with van der Waals surface area (Å²) >= 11 is 0. The monoisotopic (exact) mass is 289 g/mol. The molecule has 1 rings (SSSR count). The molecule has 0 bridgehead atoms. The van der Waals surface area contributed by atoms with Crippen LogP contribution in [-0.4, -0.2) is 37.8 Å². The molecule has 0 aromatic rings. The highest BCUT2D eigenvalue weighted by Crippen LogP contribution is 2.32. The van der Waals surface area contributed by atoms with Crippen molar-refractivity contribution in [3.8, 4) is 0 Å². The van der Waals surface area contributed by atoms with Gasteiger partial charge in [-0.25, -0.2) is 8.42 Å². The molecule has 1 saturated heterocycles. The Morgan fingerprint density at radius 1 is 1.32 bits per heavy atom. The molecule has 1 heterocycles. The van der Waals surface area contributed by atoms with Gasteiger partial charge in [0.05, 0.1) is 10.5 Å². The van der Waals surface area contributed by atoms with Crippen LogP contribution in [0.4, 0.5) is 0 Å². The lowest BCUT2D eigenvalue weighted by Crippen LogP contribution is -2.46. The number of carbonyl (C=O) groups is 1. The number of nitrogens with one attached hydrogen (secondary N) is 1. The van der Waals surface area contributed by atoms with Crippen molar-refractivity contribution in [3.05, 3.63) is 0 Å². The van der Waals surface area contributed by atoms with E-state index in [-0.39, 0.29) is 23.4 Å². The molecule has 0 aliphatic carbocycles. The second-order valence-electron chi connectivity index (χ2n) is 6.52. The van der Waals surface area contributed by atoms with Gasteiger partial charge in [-0.1, -0.05) is 6.92 Å². The van der Waals surface area contributed by atoms with Crippen LogP contribution < -0.4 is 5.32 Å². The molecule has 5 heteroatoms. The van der Waals surface area contributed by atoms with Gasteiger partial charge < -0.3 is 5.32 Å². The fourth-order valence-electron chi connectivity index (χ4n) is 2.50. The Morgan fingerprint density at radius 2 is 1.95 bits per heavy atom. The third-order valence-corrected chi connectivity index (χ3v) is 6.88. The van der Waals surface area contributed by atoms with Crippen molar-refractivity contribution in [2.24, 2.45) is 5.41 Å². The van der Waals surface area contributed by atoms with E-state index < -0.39 is 14.6 Å². The van der Waals surface area contributed by atoms with Gasteiger partial charge in [-0.15, -0.1) is 0 Å². The number of sulfone groups is 1. The lowest BCUT2D eigenvalue weighted by molar-refractivity contribution is -0.129. The Balaban J connectivity index is 2.69. The molecule has 0 radical (unpaired) electrons. The summed E-state index contributed by atoms with van der Waals surface area (Å²) in [6.07, 6.45) is 2.81. The largest absolute Gasteiger partial charge is 0.316 e. The molecule has 0 aromatic heterocycles. The van der Waals surface area contributed by atoms with Gasteiger partial charge in [0.25, 0.3) is 0 Å². The second kappa shape index (κ2) is 5.92. The van der Waals surface area contributed by atoms with E-state index in [2.05, 4.69) is 5.32 Å². The fraction of sp³-hybridized carbons (Fsp3) is 0.929. The normalized spacial score (nSPS) is 25.3. The molecule has 0 aromatic carbocycles. The van der Waals surface area contributed by atoms with Crippen molar-refractivity contribution < 1.29 is 13.2 Å². The van der Waals surface area contributed by atoms with Crippen molar-refractivity contribution in [1.29, 1.82) is 0 Å². The average Bonchev–Trinajstić information content (AvgIpc) is 2.35. The first kappa shape index (κ1) is 16.6. The van der Waals surface area contributed by atoms with Gasteiger partial charge in [0, 0.05) is 18.4 Å². The average molecular weight is 289 g/mol. The Hall–Kier alpha value is -0.420. The van der Waals surface area contributed by atoms with Gasteiger partial charge in [0.2, 0.25) is 0 Å². The number of piperidine rings is 1. The maximum absolute atomic E-state index is 12.4. The van der Waals surface area contributed by atoms with Crippen molar-refractivity contribution in [1.82, 2.24) is 5.32 Å². The van der Waals surface area contributed by atoms with Crippen LogP contribution in [0, 0.1) is 5.41 Å². The molecule has 1 aliphatic heterocycles. The first-order valence-electron chi connectivity index (χ1n) is 7.11. The zero-order valence-corrected chi connectivity index (χ0v) is 13.4. The fourth-order valence-corrected chi connectivity index (χ4v) is 3.57. The standard InChI is InChI=1S/C14H27NO3S/c1-5-14(8-6-9-15-11-14)12(16)7-10-19(17,18)13(2,3)4/h15H,5-11H2,1-4H3. The first-order valence-corrected chi connectivity index (χ1v) is 8.76. The van der Waals surface area contributed by atoms with Crippen LogP contribution in [0.15, 0.2) is 0 Å². The molecule has 0 amide bonds. The van der Waals surface area contributed by atoms with Gasteiger partial charge >= 0.3 is 0 Å². The van der Waals surface area contributed by atoms with Crippen molar-refractivity contribution >= 4 is 15.6 Å². The predicted octanol–water partition coefficient (Wildman–Crippen LogP) is 1.94. The molecular weight excluding hydrogens is 262 g/mol. The van der Waals surface area contributed by atoms with Crippen molar-refractivity contribution in [2.45, 2.75) is 58.1 Å².